The molecule has 1 aliphatic carbocycles. The lowest BCUT2D eigenvalue weighted by molar-refractivity contribution is 0.0940. The predicted molar refractivity (Wildman–Crippen MR) is 119 cm³/mol. The number of rotatable bonds is 5. The highest BCUT2D eigenvalue weighted by Crippen LogP contribution is 2.31. The summed E-state index contributed by atoms with van der Waals surface area (Å²) in [7, 11) is 0. The number of hydrogen-bond acceptors (Lipinski definition) is 5. The minimum absolute atomic E-state index is 0.0200. The summed E-state index contributed by atoms with van der Waals surface area (Å²) in [6, 6.07) is 18.9. The number of fused-ring (bicyclic) bond motifs is 1. The van der Waals surface area contributed by atoms with Crippen LogP contribution in [0.1, 0.15) is 42.9 Å². The summed E-state index contributed by atoms with van der Waals surface area (Å²) in [6.45, 7) is 0. The van der Waals surface area contributed by atoms with Gasteiger partial charge in [0.2, 0.25) is 0 Å². The minimum atomic E-state index is -0.247. The number of nitrogens with one attached hydrogen (secondary N) is 2. The van der Waals surface area contributed by atoms with E-state index in [4.69, 9.17) is 0 Å². The number of aromatic nitrogens is 3. The monoisotopic (exact) mass is 429 g/mol. The van der Waals surface area contributed by atoms with Crippen LogP contribution in [0.2, 0.25) is 0 Å². The zero-order valence-corrected chi connectivity index (χ0v) is 17.3. The first-order valence-corrected chi connectivity index (χ1v) is 10.7. The zero-order chi connectivity index (χ0) is 21.2. The molecule has 0 unspecified atom stereocenters. The fourth-order valence-corrected chi connectivity index (χ4v) is 4.55. The lowest BCUT2D eigenvalue weighted by Gasteiger charge is -2.13. The molecular weight excluding hydrogens is 410 g/mol. The molecule has 31 heavy (non-hydrogen) atoms. The highest BCUT2D eigenvalue weighted by Gasteiger charge is 2.24. The molecule has 8 heteroatoms. The molecule has 0 fully saturated rings. The van der Waals surface area contributed by atoms with Gasteiger partial charge < -0.3 is 10.6 Å². The summed E-state index contributed by atoms with van der Waals surface area (Å²) in [5.41, 5.74) is 3.98. The number of thiophene rings is 1. The van der Waals surface area contributed by atoms with Crippen molar-refractivity contribution in [2.45, 2.75) is 18.9 Å². The molecule has 5 rings (SSSR count). The minimum Gasteiger partial charge on any atom is -0.345 e. The van der Waals surface area contributed by atoms with E-state index in [-0.39, 0.29) is 17.9 Å². The van der Waals surface area contributed by atoms with Crippen molar-refractivity contribution in [2.75, 3.05) is 5.32 Å². The van der Waals surface area contributed by atoms with Crippen molar-refractivity contribution in [1.29, 1.82) is 0 Å². The molecule has 2 aromatic carbocycles. The molecule has 154 valence electrons. The number of carbonyl (C=O) groups is 2. The maximum atomic E-state index is 12.7. The van der Waals surface area contributed by atoms with Crippen LogP contribution in [0.25, 0.3) is 5.69 Å². The Balaban J connectivity index is 1.23. The van der Waals surface area contributed by atoms with Crippen LogP contribution >= 0.6 is 11.3 Å². The summed E-state index contributed by atoms with van der Waals surface area (Å²) >= 11 is 1.19. The Labute approximate surface area is 182 Å². The van der Waals surface area contributed by atoms with Crippen molar-refractivity contribution in [1.82, 2.24) is 20.1 Å². The molecule has 1 aliphatic rings. The van der Waals surface area contributed by atoms with E-state index in [9.17, 15) is 9.59 Å². The molecule has 0 saturated carbocycles. The maximum Gasteiger partial charge on any atom is 0.265 e. The summed E-state index contributed by atoms with van der Waals surface area (Å²) in [4.78, 5) is 30.2. The van der Waals surface area contributed by atoms with E-state index in [0.717, 1.165) is 18.5 Å². The van der Waals surface area contributed by atoms with Crippen LogP contribution in [0.4, 0.5) is 5.69 Å². The lowest BCUT2D eigenvalue weighted by atomic mass is 10.1. The Morgan fingerprint density at radius 3 is 2.52 bits per heavy atom. The lowest BCUT2D eigenvalue weighted by Crippen LogP contribution is -2.26. The van der Waals surface area contributed by atoms with Gasteiger partial charge in [-0.25, -0.2) is 9.67 Å². The van der Waals surface area contributed by atoms with Crippen molar-refractivity contribution in [3.63, 3.8) is 0 Å². The van der Waals surface area contributed by atoms with Crippen molar-refractivity contribution in [3.05, 3.63) is 94.2 Å². The van der Waals surface area contributed by atoms with Gasteiger partial charge in [0.05, 0.1) is 21.5 Å². The van der Waals surface area contributed by atoms with Gasteiger partial charge in [0.1, 0.15) is 12.7 Å². The topological polar surface area (TPSA) is 88.9 Å². The molecule has 2 N–H and O–H groups in total. The van der Waals surface area contributed by atoms with Gasteiger partial charge in [0.15, 0.2) is 0 Å². The van der Waals surface area contributed by atoms with Gasteiger partial charge in [-0.2, -0.15) is 5.10 Å². The molecule has 4 aromatic rings. The van der Waals surface area contributed by atoms with Crippen LogP contribution in [0.15, 0.2) is 73.3 Å². The van der Waals surface area contributed by atoms with E-state index in [1.165, 1.54) is 28.8 Å². The molecule has 0 spiro atoms. The quantitative estimate of drug-likeness (QED) is 0.502. The van der Waals surface area contributed by atoms with Crippen LogP contribution in [0.5, 0.6) is 0 Å². The van der Waals surface area contributed by atoms with E-state index >= 15 is 0 Å². The molecule has 0 aliphatic heterocycles. The van der Waals surface area contributed by atoms with Crippen LogP contribution in [0.3, 0.4) is 0 Å². The summed E-state index contributed by atoms with van der Waals surface area (Å²) in [5.74, 6) is -0.397. The summed E-state index contributed by atoms with van der Waals surface area (Å²) < 4.78 is 1.64. The Morgan fingerprint density at radius 1 is 0.968 bits per heavy atom. The molecule has 2 heterocycles. The van der Waals surface area contributed by atoms with Crippen LogP contribution < -0.4 is 10.6 Å². The van der Waals surface area contributed by atoms with Crippen molar-refractivity contribution in [2.24, 2.45) is 0 Å². The van der Waals surface area contributed by atoms with Gasteiger partial charge in [-0.3, -0.25) is 9.59 Å². The molecule has 0 saturated heterocycles. The third-order valence-corrected chi connectivity index (χ3v) is 6.38. The highest BCUT2D eigenvalue weighted by molar-refractivity contribution is 7.16. The standard InChI is InChI=1S/C23H19N5O2S/c29-22(26-16-6-8-17(9-7-16)28-14-24-13-25-28)20-11-12-21(31-20)23(30)27-19-10-5-15-3-1-2-4-18(15)19/h1-4,6-9,11-14,19H,5,10H2,(H,26,29)(H,27,30)/t19-/m0/s1. The number of carbonyl (C=O) groups excluding carboxylic acids is 2. The average molecular weight is 430 g/mol. The van der Waals surface area contributed by atoms with Crippen molar-refractivity contribution < 1.29 is 9.59 Å². The Hall–Kier alpha value is -3.78. The smallest absolute Gasteiger partial charge is 0.265 e. The molecule has 7 nitrogen and oxygen atoms in total. The molecule has 2 amide bonds. The highest BCUT2D eigenvalue weighted by atomic mass is 32.1. The summed E-state index contributed by atoms with van der Waals surface area (Å²) in [5, 5.41) is 10.0. The van der Waals surface area contributed by atoms with E-state index in [1.54, 1.807) is 35.3 Å². The number of aryl methyl sites for hydroxylation is 1. The second-order valence-corrected chi connectivity index (χ2v) is 8.35. The Morgan fingerprint density at radius 2 is 1.74 bits per heavy atom. The van der Waals surface area contributed by atoms with Gasteiger partial charge in [-0.15, -0.1) is 11.3 Å². The van der Waals surface area contributed by atoms with E-state index in [0.29, 0.717) is 15.4 Å². The van der Waals surface area contributed by atoms with Gasteiger partial charge in [-0.1, -0.05) is 24.3 Å². The van der Waals surface area contributed by atoms with Crippen molar-refractivity contribution >= 4 is 28.8 Å². The van der Waals surface area contributed by atoms with Crippen molar-refractivity contribution in [3.8, 4) is 5.69 Å². The number of hydrogen-bond donors (Lipinski definition) is 2. The molecule has 0 radical (unpaired) electrons. The largest absolute Gasteiger partial charge is 0.345 e. The number of benzene rings is 2. The number of anilines is 1. The fourth-order valence-electron chi connectivity index (χ4n) is 3.75. The normalized spacial score (nSPS) is 14.8. The predicted octanol–water partition coefficient (Wildman–Crippen LogP) is 4.00. The molecule has 1 atom stereocenters. The molecular formula is C23H19N5O2S. The molecule has 0 bridgehead atoms. The van der Waals surface area contributed by atoms with E-state index < -0.39 is 0 Å². The first-order valence-electron chi connectivity index (χ1n) is 9.92. The van der Waals surface area contributed by atoms with E-state index in [1.807, 2.05) is 24.3 Å². The average Bonchev–Trinajstić information content (AvgIpc) is 3.55. The van der Waals surface area contributed by atoms with Gasteiger partial charge in [0, 0.05) is 5.69 Å². The molecule has 2 aromatic heterocycles. The third-order valence-electron chi connectivity index (χ3n) is 5.30. The first kappa shape index (κ1) is 19.2. The van der Waals surface area contributed by atoms with Crippen LogP contribution in [-0.2, 0) is 6.42 Å². The van der Waals surface area contributed by atoms with Gasteiger partial charge in [-0.05, 0) is 60.4 Å². The third kappa shape index (κ3) is 3.97. The maximum absolute atomic E-state index is 12.7. The summed E-state index contributed by atoms with van der Waals surface area (Å²) in [6.07, 6.45) is 4.94. The Kier molecular flexibility index (Phi) is 5.05. The number of amides is 2. The second kappa shape index (κ2) is 8.16. The first-order chi connectivity index (χ1) is 15.2. The van der Waals surface area contributed by atoms with E-state index in [2.05, 4.69) is 32.8 Å². The zero-order valence-electron chi connectivity index (χ0n) is 16.5. The fraction of sp³-hybridized carbons (Fsp3) is 0.130. The second-order valence-electron chi connectivity index (χ2n) is 7.27. The SMILES string of the molecule is O=C(Nc1ccc(-n2cncn2)cc1)c1ccc(C(=O)N[C@H]2CCc3ccccc32)s1. The Bertz CT molecular complexity index is 1230. The number of nitrogens with zero attached hydrogens (tertiary/aromatic N) is 3. The van der Waals surface area contributed by atoms with Gasteiger partial charge >= 0.3 is 0 Å². The van der Waals surface area contributed by atoms with Gasteiger partial charge in [0.25, 0.3) is 11.8 Å². The van der Waals surface area contributed by atoms with Crippen LogP contribution in [-0.4, -0.2) is 26.6 Å². The van der Waals surface area contributed by atoms with Crippen LogP contribution in [0, 0.1) is 0 Å².